The average Bonchev–Trinajstić information content (AvgIpc) is 2.41. The molecule has 1 aromatic rings. The van der Waals surface area contributed by atoms with Crippen LogP contribution in [0.2, 0.25) is 0 Å². The van der Waals surface area contributed by atoms with Crippen molar-refractivity contribution in [2.45, 2.75) is 25.9 Å². The summed E-state index contributed by atoms with van der Waals surface area (Å²) in [5.41, 5.74) is 7.28. The largest absolute Gasteiger partial charge is 0.389 e. The Kier molecular flexibility index (Phi) is 6.25. The third-order valence-corrected chi connectivity index (χ3v) is 2.74. The zero-order chi connectivity index (χ0) is 15.9. The number of nitrogens with two attached hydrogens (primary N) is 1. The van der Waals surface area contributed by atoms with E-state index in [9.17, 15) is 18.0 Å². The summed E-state index contributed by atoms with van der Waals surface area (Å²) in [6, 6.07) is 4.94. The zero-order valence-electron chi connectivity index (χ0n) is 11.7. The lowest BCUT2D eigenvalue weighted by molar-refractivity contribution is -0.135. The van der Waals surface area contributed by atoms with Crippen LogP contribution in [0.15, 0.2) is 18.2 Å². The van der Waals surface area contributed by atoms with Crippen LogP contribution in [0.25, 0.3) is 0 Å². The minimum atomic E-state index is -4.19. The van der Waals surface area contributed by atoms with E-state index in [0.717, 1.165) is 11.1 Å². The van der Waals surface area contributed by atoms with Gasteiger partial charge in [0.25, 0.3) is 5.91 Å². The average molecular weight is 298 g/mol. The molecule has 0 bridgehead atoms. The fraction of sp³-hybridized carbons (Fsp3) is 0.400. The molecule has 0 aliphatic rings. The number of aryl methyl sites for hydroxylation is 1. The molecule has 0 saturated heterocycles. The molecular formula is C15H17F3N2O. The van der Waals surface area contributed by atoms with E-state index in [1.54, 1.807) is 25.1 Å². The van der Waals surface area contributed by atoms with Gasteiger partial charge in [-0.25, -0.2) is 0 Å². The molecule has 0 saturated carbocycles. The molecule has 3 N–H and O–H groups in total. The van der Waals surface area contributed by atoms with Gasteiger partial charge in [-0.3, -0.25) is 4.79 Å². The second-order valence-electron chi connectivity index (χ2n) is 4.51. The first kappa shape index (κ1) is 17.1. The van der Waals surface area contributed by atoms with Gasteiger partial charge in [-0.05, 0) is 37.1 Å². The maximum Gasteiger partial charge on any atom is 0.389 e. The van der Waals surface area contributed by atoms with Crippen LogP contribution in [0.3, 0.4) is 0 Å². The van der Waals surface area contributed by atoms with E-state index in [-0.39, 0.29) is 19.5 Å². The summed E-state index contributed by atoms with van der Waals surface area (Å²) in [4.78, 5) is 11.8. The molecule has 0 radical (unpaired) electrons. The summed E-state index contributed by atoms with van der Waals surface area (Å²) in [7, 11) is 0. The van der Waals surface area contributed by atoms with Crippen molar-refractivity contribution in [2.24, 2.45) is 5.73 Å². The maximum atomic E-state index is 12.0. The lowest BCUT2D eigenvalue weighted by atomic mass is 10.0. The quantitative estimate of drug-likeness (QED) is 0.662. The van der Waals surface area contributed by atoms with E-state index in [1.165, 1.54) is 0 Å². The van der Waals surface area contributed by atoms with Crippen molar-refractivity contribution in [1.29, 1.82) is 0 Å². The summed E-state index contributed by atoms with van der Waals surface area (Å²) in [5, 5.41) is 2.47. The lowest BCUT2D eigenvalue weighted by Crippen LogP contribution is -2.25. The highest BCUT2D eigenvalue weighted by Crippen LogP contribution is 2.20. The predicted octanol–water partition coefficient (Wildman–Crippen LogP) is 2.38. The van der Waals surface area contributed by atoms with E-state index >= 15 is 0 Å². The first-order valence-electron chi connectivity index (χ1n) is 6.48. The first-order chi connectivity index (χ1) is 9.83. The Morgan fingerprint density at radius 1 is 1.38 bits per heavy atom. The minimum absolute atomic E-state index is 0.00782. The highest BCUT2D eigenvalue weighted by molar-refractivity contribution is 5.94. The molecule has 0 atom stereocenters. The van der Waals surface area contributed by atoms with E-state index in [1.807, 2.05) is 0 Å². The van der Waals surface area contributed by atoms with Crippen molar-refractivity contribution < 1.29 is 18.0 Å². The topological polar surface area (TPSA) is 55.1 Å². The van der Waals surface area contributed by atoms with Crippen LogP contribution in [-0.2, 0) is 0 Å². The van der Waals surface area contributed by atoms with Crippen molar-refractivity contribution in [3.05, 3.63) is 34.9 Å². The molecular weight excluding hydrogens is 281 g/mol. The Balaban J connectivity index is 2.57. The third kappa shape index (κ3) is 6.32. The Bertz CT molecular complexity index is 556. The Labute approximate surface area is 121 Å². The molecule has 0 spiro atoms. The van der Waals surface area contributed by atoms with E-state index in [0.29, 0.717) is 5.56 Å². The summed E-state index contributed by atoms with van der Waals surface area (Å²) >= 11 is 0. The highest BCUT2D eigenvalue weighted by Gasteiger charge is 2.25. The van der Waals surface area contributed by atoms with Crippen LogP contribution in [0.1, 0.15) is 34.3 Å². The van der Waals surface area contributed by atoms with Gasteiger partial charge in [-0.2, -0.15) is 13.2 Å². The van der Waals surface area contributed by atoms with Crippen LogP contribution >= 0.6 is 0 Å². The molecule has 1 aromatic carbocycles. The molecule has 0 heterocycles. The SMILES string of the molecule is Cc1cc(C(=O)NCCCC(F)(F)F)ccc1C#CCN. The molecule has 21 heavy (non-hydrogen) atoms. The molecule has 6 heteroatoms. The maximum absolute atomic E-state index is 12.0. The molecule has 0 unspecified atom stereocenters. The van der Waals surface area contributed by atoms with Crippen molar-refractivity contribution in [3.8, 4) is 11.8 Å². The summed E-state index contributed by atoms with van der Waals surface area (Å²) in [6.45, 7) is 2.05. The second-order valence-corrected chi connectivity index (χ2v) is 4.51. The van der Waals surface area contributed by atoms with E-state index < -0.39 is 18.5 Å². The number of benzene rings is 1. The predicted molar refractivity (Wildman–Crippen MR) is 74.7 cm³/mol. The fourth-order valence-corrected chi connectivity index (χ4v) is 1.68. The number of carbonyl (C=O) groups is 1. The number of halogens is 3. The van der Waals surface area contributed by atoms with E-state index in [4.69, 9.17) is 5.73 Å². The number of alkyl halides is 3. The highest BCUT2D eigenvalue weighted by atomic mass is 19.4. The van der Waals surface area contributed by atoms with Gasteiger partial charge in [0.15, 0.2) is 0 Å². The molecule has 0 aliphatic carbocycles. The van der Waals surface area contributed by atoms with Crippen LogP contribution in [0, 0.1) is 18.8 Å². The normalized spacial score (nSPS) is 10.7. The minimum Gasteiger partial charge on any atom is -0.352 e. The third-order valence-electron chi connectivity index (χ3n) is 2.74. The molecule has 1 rings (SSSR count). The van der Waals surface area contributed by atoms with Crippen LogP contribution < -0.4 is 11.1 Å². The Hall–Kier alpha value is -2.00. The fourth-order valence-electron chi connectivity index (χ4n) is 1.68. The number of carbonyl (C=O) groups excluding carboxylic acids is 1. The van der Waals surface area contributed by atoms with Crippen LogP contribution in [0.5, 0.6) is 0 Å². The monoisotopic (exact) mass is 298 g/mol. The van der Waals surface area contributed by atoms with Crippen LogP contribution in [-0.4, -0.2) is 25.2 Å². The number of nitrogens with one attached hydrogen (secondary N) is 1. The second kappa shape index (κ2) is 7.70. The van der Waals surface area contributed by atoms with Gasteiger partial charge in [0.2, 0.25) is 0 Å². The first-order valence-corrected chi connectivity index (χ1v) is 6.48. The molecule has 0 aromatic heterocycles. The molecule has 0 fully saturated rings. The van der Waals surface area contributed by atoms with Gasteiger partial charge in [0.1, 0.15) is 0 Å². The van der Waals surface area contributed by atoms with Gasteiger partial charge < -0.3 is 11.1 Å². The Morgan fingerprint density at radius 2 is 2.10 bits per heavy atom. The lowest BCUT2D eigenvalue weighted by Gasteiger charge is -2.08. The molecule has 1 amide bonds. The van der Waals surface area contributed by atoms with Gasteiger partial charge in [-0.1, -0.05) is 11.8 Å². The van der Waals surface area contributed by atoms with Gasteiger partial charge in [0, 0.05) is 24.1 Å². The number of hydrogen-bond acceptors (Lipinski definition) is 2. The summed E-state index contributed by atoms with van der Waals surface area (Å²) < 4.78 is 35.9. The smallest absolute Gasteiger partial charge is 0.352 e. The molecule has 0 aliphatic heterocycles. The van der Waals surface area contributed by atoms with Crippen molar-refractivity contribution in [1.82, 2.24) is 5.32 Å². The van der Waals surface area contributed by atoms with Crippen molar-refractivity contribution in [2.75, 3.05) is 13.1 Å². The number of rotatable bonds is 4. The zero-order valence-corrected chi connectivity index (χ0v) is 11.7. The number of hydrogen-bond donors (Lipinski definition) is 2. The Morgan fingerprint density at radius 3 is 2.67 bits per heavy atom. The molecule has 3 nitrogen and oxygen atoms in total. The van der Waals surface area contributed by atoms with E-state index in [2.05, 4.69) is 17.2 Å². The number of amides is 1. The summed E-state index contributed by atoms with van der Waals surface area (Å²) in [6.07, 6.45) is -5.22. The van der Waals surface area contributed by atoms with Gasteiger partial charge in [0.05, 0.1) is 6.54 Å². The van der Waals surface area contributed by atoms with Gasteiger partial charge in [-0.15, -0.1) is 0 Å². The standard InChI is InChI=1S/C15H17F3N2O/c1-11-10-13(6-5-12(11)4-2-8-19)14(21)20-9-3-7-15(16,17)18/h5-6,10H,3,7-9,19H2,1H3,(H,20,21). The van der Waals surface area contributed by atoms with Crippen molar-refractivity contribution >= 4 is 5.91 Å². The summed E-state index contributed by atoms with van der Waals surface area (Å²) in [5.74, 6) is 5.21. The molecule has 114 valence electrons. The van der Waals surface area contributed by atoms with Crippen LogP contribution in [0.4, 0.5) is 13.2 Å². The van der Waals surface area contributed by atoms with Crippen molar-refractivity contribution in [3.63, 3.8) is 0 Å². The van der Waals surface area contributed by atoms with Gasteiger partial charge >= 0.3 is 6.18 Å².